The molecule has 152 valence electrons. The minimum Gasteiger partial charge on any atom is -0.452 e. The molecule has 1 saturated heterocycles. The lowest BCUT2D eigenvalue weighted by Crippen LogP contribution is -2.49. The summed E-state index contributed by atoms with van der Waals surface area (Å²) in [5.74, 6) is -0.908. The van der Waals surface area contributed by atoms with Crippen LogP contribution in [0.3, 0.4) is 0 Å². The second-order valence-electron chi connectivity index (χ2n) is 7.67. The average molecular weight is 420 g/mol. The van der Waals surface area contributed by atoms with Crippen LogP contribution in [0, 0.1) is 6.92 Å². The van der Waals surface area contributed by atoms with Crippen molar-refractivity contribution in [3.8, 4) is 0 Å². The number of para-hydroxylation sites is 2. The molecule has 0 bridgehead atoms. The number of nitrogens with one attached hydrogen (secondary N) is 1. The highest BCUT2D eigenvalue weighted by Crippen LogP contribution is 2.56. The summed E-state index contributed by atoms with van der Waals surface area (Å²) in [5, 5.41) is 0.807. The molecular formula is C23H20N2O4S. The summed E-state index contributed by atoms with van der Waals surface area (Å²) >= 11 is 1.34. The van der Waals surface area contributed by atoms with Crippen molar-refractivity contribution in [2.75, 3.05) is 4.90 Å². The number of rotatable bonds is 4. The summed E-state index contributed by atoms with van der Waals surface area (Å²) in [5.41, 5.74) is 2.87. The van der Waals surface area contributed by atoms with Crippen LogP contribution in [0.1, 0.15) is 35.8 Å². The lowest BCUT2D eigenvalue weighted by atomic mass is 10.0. The van der Waals surface area contributed by atoms with Crippen molar-refractivity contribution >= 4 is 46.0 Å². The number of aromatic amines is 1. The van der Waals surface area contributed by atoms with E-state index in [2.05, 4.69) is 4.98 Å². The minimum absolute atomic E-state index is 0.101. The van der Waals surface area contributed by atoms with Crippen LogP contribution < -0.4 is 4.90 Å². The molecule has 3 heterocycles. The number of benzene rings is 2. The molecule has 30 heavy (non-hydrogen) atoms. The van der Waals surface area contributed by atoms with Gasteiger partial charge in [-0.25, -0.2) is 4.79 Å². The number of nitrogens with zero attached hydrogens (tertiary/aromatic N) is 1. The van der Waals surface area contributed by atoms with E-state index in [1.165, 1.54) is 11.8 Å². The van der Waals surface area contributed by atoms with Crippen LogP contribution in [0.2, 0.25) is 0 Å². The molecule has 7 heteroatoms. The van der Waals surface area contributed by atoms with E-state index in [0.29, 0.717) is 12.0 Å². The fraction of sp³-hybridized carbons (Fsp3) is 0.261. The van der Waals surface area contributed by atoms with E-state index in [1.807, 2.05) is 55.5 Å². The Labute approximate surface area is 177 Å². The molecule has 1 N–H and O–H groups in total. The van der Waals surface area contributed by atoms with E-state index >= 15 is 0 Å². The summed E-state index contributed by atoms with van der Waals surface area (Å²) < 4.78 is 5.69. The number of esters is 1. The number of fused-ring (bicyclic) bond motifs is 4. The second kappa shape index (κ2) is 6.74. The molecule has 2 aliphatic rings. The van der Waals surface area contributed by atoms with Gasteiger partial charge in [-0.2, -0.15) is 0 Å². The largest absolute Gasteiger partial charge is 0.452 e. The van der Waals surface area contributed by atoms with E-state index < -0.39 is 16.9 Å². The molecule has 0 saturated carbocycles. The molecule has 1 fully saturated rings. The molecule has 6 nitrogen and oxygen atoms in total. The number of carbonyl (C=O) groups is 3. The van der Waals surface area contributed by atoms with Gasteiger partial charge in [-0.05, 0) is 32.0 Å². The van der Waals surface area contributed by atoms with Crippen molar-refractivity contribution < 1.29 is 19.1 Å². The van der Waals surface area contributed by atoms with Gasteiger partial charge >= 0.3 is 5.97 Å². The van der Waals surface area contributed by atoms with Gasteiger partial charge < -0.3 is 9.72 Å². The first-order chi connectivity index (χ1) is 14.4. The molecule has 3 aromatic rings. The van der Waals surface area contributed by atoms with Crippen LogP contribution in [0.4, 0.5) is 5.69 Å². The Bertz CT molecular complexity index is 1220. The summed E-state index contributed by atoms with van der Waals surface area (Å²) in [4.78, 5) is 43.5. The van der Waals surface area contributed by atoms with Gasteiger partial charge in [-0.1, -0.05) is 42.1 Å². The van der Waals surface area contributed by atoms with Crippen molar-refractivity contribution in [3.63, 3.8) is 0 Å². The van der Waals surface area contributed by atoms with Gasteiger partial charge in [0.05, 0.1) is 5.69 Å². The lowest BCUT2D eigenvalue weighted by molar-refractivity contribution is -0.149. The molecule has 2 aliphatic heterocycles. The fourth-order valence-electron chi connectivity index (χ4n) is 4.38. The average Bonchev–Trinajstić information content (AvgIpc) is 3.36. The predicted molar refractivity (Wildman–Crippen MR) is 115 cm³/mol. The van der Waals surface area contributed by atoms with Crippen molar-refractivity contribution in [2.45, 2.75) is 42.6 Å². The zero-order chi connectivity index (χ0) is 21.0. The molecule has 0 radical (unpaired) electrons. The number of thioether (sulfide) groups is 1. The predicted octanol–water partition coefficient (Wildman–Crippen LogP) is 4.22. The highest BCUT2D eigenvalue weighted by Gasteiger charge is 2.59. The number of carbonyl (C=O) groups excluding carboxylic acids is 3. The molecule has 2 atom stereocenters. The Morgan fingerprint density at radius 3 is 2.73 bits per heavy atom. The van der Waals surface area contributed by atoms with E-state index in [-0.39, 0.29) is 18.1 Å². The standard InChI is InChI=1S/C23H20N2O4S/c1-13-20(15-7-3-4-8-16(15)24-13)21(27)14(2)29-22(28)23-12-11-19(26)25(23)17-9-5-6-10-18(17)30-23/h3-10,14,24H,11-12H2,1-2H3/t14-,23-/m0/s1. The molecule has 2 aromatic carbocycles. The van der Waals surface area contributed by atoms with E-state index in [4.69, 9.17) is 4.74 Å². The zero-order valence-electron chi connectivity index (χ0n) is 16.6. The Hall–Kier alpha value is -3.06. The molecular weight excluding hydrogens is 400 g/mol. The smallest absolute Gasteiger partial charge is 0.344 e. The normalized spacial score (nSPS) is 20.9. The summed E-state index contributed by atoms with van der Waals surface area (Å²) in [7, 11) is 0. The second-order valence-corrected chi connectivity index (χ2v) is 8.99. The van der Waals surface area contributed by atoms with Crippen molar-refractivity contribution in [1.29, 1.82) is 0 Å². The summed E-state index contributed by atoms with van der Waals surface area (Å²) in [6.45, 7) is 3.42. The number of aryl methyl sites for hydroxylation is 1. The first-order valence-electron chi connectivity index (χ1n) is 9.86. The monoisotopic (exact) mass is 420 g/mol. The van der Waals surface area contributed by atoms with Gasteiger partial charge in [0.15, 0.2) is 11.0 Å². The van der Waals surface area contributed by atoms with Crippen LogP contribution in [-0.2, 0) is 14.3 Å². The van der Waals surface area contributed by atoms with Crippen LogP contribution in [0.15, 0.2) is 53.4 Å². The SMILES string of the molecule is Cc1[nH]c2ccccc2c1C(=O)[C@H](C)OC(=O)[C@@]12CCC(=O)N1c1ccccc1S2. The van der Waals surface area contributed by atoms with Crippen LogP contribution in [0.5, 0.6) is 0 Å². The summed E-state index contributed by atoms with van der Waals surface area (Å²) in [6, 6.07) is 15.0. The van der Waals surface area contributed by atoms with Crippen molar-refractivity contribution in [1.82, 2.24) is 4.98 Å². The number of ether oxygens (including phenoxy) is 1. The molecule has 5 rings (SSSR count). The first kappa shape index (κ1) is 18.9. The van der Waals surface area contributed by atoms with Crippen LogP contribution in [-0.4, -0.2) is 33.6 Å². The maximum absolute atomic E-state index is 13.3. The number of aromatic nitrogens is 1. The molecule has 0 aliphatic carbocycles. The molecule has 1 aromatic heterocycles. The minimum atomic E-state index is -1.13. The third kappa shape index (κ3) is 2.61. The number of Topliss-reactive ketones (excluding diaryl/α,β-unsaturated/α-hetero) is 1. The summed E-state index contributed by atoms with van der Waals surface area (Å²) in [6.07, 6.45) is -0.330. The van der Waals surface area contributed by atoms with Gasteiger partial charge in [-0.15, -0.1) is 0 Å². The lowest BCUT2D eigenvalue weighted by Gasteiger charge is -2.29. The van der Waals surface area contributed by atoms with Crippen LogP contribution >= 0.6 is 11.8 Å². The highest BCUT2D eigenvalue weighted by molar-refractivity contribution is 8.02. The van der Waals surface area contributed by atoms with Gasteiger partial charge in [0.2, 0.25) is 11.7 Å². The van der Waals surface area contributed by atoms with Crippen LogP contribution in [0.25, 0.3) is 10.9 Å². The highest BCUT2D eigenvalue weighted by atomic mass is 32.2. The molecule has 0 unspecified atom stereocenters. The molecule has 0 spiro atoms. The number of amides is 1. The van der Waals surface area contributed by atoms with Gasteiger partial charge in [-0.3, -0.25) is 14.5 Å². The number of hydrogen-bond acceptors (Lipinski definition) is 5. The maximum Gasteiger partial charge on any atom is 0.344 e. The first-order valence-corrected chi connectivity index (χ1v) is 10.7. The van der Waals surface area contributed by atoms with Gasteiger partial charge in [0, 0.05) is 39.9 Å². The Morgan fingerprint density at radius 1 is 1.17 bits per heavy atom. The van der Waals surface area contributed by atoms with Gasteiger partial charge in [0.1, 0.15) is 0 Å². The fourth-order valence-corrected chi connectivity index (χ4v) is 5.78. The van der Waals surface area contributed by atoms with E-state index in [9.17, 15) is 14.4 Å². The number of anilines is 1. The van der Waals surface area contributed by atoms with E-state index in [1.54, 1.807) is 11.8 Å². The quantitative estimate of drug-likeness (QED) is 0.505. The van der Waals surface area contributed by atoms with E-state index in [0.717, 1.165) is 27.2 Å². The number of hydrogen-bond donors (Lipinski definition) is 1. The maximum atomic E-state index is 13.3. The topological polar surface area (TPSA) is 79.5 Å². The number of H-pyrrole nitrogens is 1. The Balaban J connectivity index is 1.43. The number of ketones is 1. The molecule has 1 amide bonds. The Morgan fingerprint density at radius 2 is 1.90 bits per heavy atom. The van der Waals surface area contributed by atoms with Crippen molar-refractivity contribution in [3.05, 3.63) is 59.8 Å². The Kier molecular flexibility index (Phi) is 4.25. The van der Waals surface area contributed by atoms with Crippen molar-refractivity contribution in [2.24, 2.45) is 0 Å². The zero-order valence-corrected chi connectivity index (χ0v) is 17.4. The third-order valence-corrected chi connectivity index (χ3v) is 7.24. The third-order valence-electron chi connectivity index (χ3n) is 5.79. The van der Waals surface area contributed by atoms with Gasteiger partial charge in [0.25, 0.3) is 0 Å².